The minimum atomic E-state index is -0.230. The van der Waals surface area contributed by atoms with E-state index in [0.29, 0.717) is 29.6 Å². The van der Waals surface area contributed by atoms with Crippen molar-refractivity contribution < 1.29 is 9.59 Å². The fourth-order valence-electron chi connectivity index (χ4n) is 3.61. The van der Waals surface area contributed by atoms with Crippen LogP contribution in [-0.4, -0.2) is 60.4 Å². The van der Waals surface area contributed by atoms with Crippen LogP contribution in [0.1, 0.15) is 36.0 Å². The van der Waals surface area contributed by atoms with Gasteiger partial charge in [0.25, 0.3) is 5.91 Å². The maximum Gasteiger partial charge on any atom is 0.252 e. The second kappa shape index (κ2) is 7.99. The molecule has 2 aliphatic rings. The second-order valence-electron chi connectivity index (χ2n) is 6.51. The Morgan fingerprint density at radius 2 is 1.96 bits per heavy atom. The largest absolute Gasteiger partial charge is 0.351 e. The lowest BCUT2D eigenvalue weighted by atomic mass is 10.2. The van der Waals surface area contributed by atoms with Crippen LogP contribution in [0.5, 0.6) is 0 Å². The van der Waals surface area contributed by atoms with E-state index >= 15 is 0 Å². The molecule has 0 saturated carbocycles. The molecule has 6 heteroatoms. The third-order valence-electron chi connectivity index (χ3n) is 4.90. The molecule has 1 N–H and O–H groups in total. The summed E-state index contributed by atoms with van der Waals surface area (Å²) in [5, 5.41) is 3.22. The van der Waals surface area contributed by atoms with Crippen molar-refractivity contribution in [3.63, 3.8) is 0 Å². The number of benzene rings is 1. The first-order chi connectivity index (χ1) is 11.6. The number of nitrogens with zero attached hydrogens (tertiary/aromatic N) is 2. The van der Waals surface area contributed by atoms with Crippen LogP contribution in [0.3, 0.4) is 0 Å². The second-order valence-corrected chi connectivity index (χ2v) is 6.92. The Kier molecular flexibility index (Phi) is 5.74. The van der Waals surface area contributed by atoms with Gasteiger partial charge in [-0.1, -0.05) is 23.7 Å². The number of carbonyl (C=O) groups is 2. The molecule has 24 heavy (non-hydrogen) atoms. The van der Waals surface area contributed by atoms with Gasteiger partial charge in [-0.05, 0) is 37.9 Å². The molecule has 0 aromatic heterocycles. The van der Waals surface area contributed by atoms with E-state index in [1.807, 2.05) is 4.90 Å². The number of nitrogens with one attached hydrogen (secondary N) is 1. The number of rotatable bonds is 4. The fraction of sp³-hybridized carbons (Fsp3) is 0.556. The molecule has 2 fully saturated rings. The van der Waals surface area contributed by atoms with Crippen LogP contribution in [0.25, 0.3) is 0 Å². The Labute approximate surface area is 147 Å². The summed E-state index contributed by atoms with van der Waals surface area (Å²) in [6.07, 6.45) is 3.80. The van der Waals surface area contributed by atoms with Gasteiger partial charge in [0.1, 0.15) is 0 Å². The number of hydrogen-bond donors (Lipinski definition) is 1. The van der Waals surface area contributed by atoms with Crippen LogP contribution < -0.4 is 5.32 Å². The Hall–Kier alpha value is -1.59. The first kappa shape index (κ1) is 17.2. The summed E-state index contributed by atoms with van der Waals surface area (Å²) in [6, 6.07) is 7.45. The molecule has 1 aromatic rings. The molecule has 0 bridgehead atoms. The molecule has 3 rings (SSSR count). The highest BCUT2D eigenvalue weighted by atomic mass is 35.5. The molecule has 130 valence electrons. The highest BCUT2D eigenvalue weighted by Gasteiger charge is 2.30. The lowest BCUT2D eigenvalue weighted by Gasteiger charge is -2.25. The van der Waals surface area contributed by atoms with Gasteiger partial charge in [-0.2, -0.15) is 0 Å². The van der Waals surface area contributed by atoms with E-state index in [2.05, 4.69) is 10.2 Å². The first-order valence-electron chi connectivity index (χ1n) is 8.69. The van der Waals surface area contributed by atoms with Gasteiger partial charge in [0.2, 0.25) is 5.91 Å². The van der Waals surface area contributed by atoms with Gasteiger partial charge in [0, 0.05) is 38.6 Å². The smallest absolute Gasteiger partial charge is 0.252 e. The maximum atomic E-state index is 12.5. The van der Waals surface area contributed by atoms with Gasteiger partial charge in [-0.15, -0.1) is 0 Å². The third-order valence-corrected chi connectivity index (χ3v) is 5.23. The monoisotopic (exact) mass is 349 g/mol. The summed E-state index contributed by atoms with van der Waals surface area (Å²) in [7, 11) is 0. The zero-order valence-electron chi connectivity index (χ0n) is 13.8. The molecule has 0 spiro atoms. The van der Waals surface area contributed by atoms with Gasteiger partial charge in [-0.3, -0.25) is 14.5 Å². The summed E-state index contributed by atoms with van der Waals surface area (Å²) in [5.74, 6) is -0.102. The SMILES string of the molecule is O=C(NCCC(=O)N1CCCN2CCC[C@@H]2C1)c1ccccc1Cl. The molecule has 0 aliphatic carbocycles. The van der Waals surface area contributed by atoms with Crippen molar-refractivity contribution in [1.29, 1.82) is 0 Å². The first-order valence-corrected chi connectivity index (χ1v) is 9.07. The van der Waals surface area contributed by atoms with Crippen molar-refractivity contribution in [1.82, 2.24) is 15.1 Å². The van der Waals surface area contributed by atoms with E-state index < -0.39 is 0 Å². The summed E-state index contributed by atoms with van der Waals surface area (Å²) < 4.78 is 0. The summed E-state index contributed by atoms with van der Waals surface area (Å²) in [4.78, 5) is 29.0. The van der Waals surface area contributed by atoms with E-state index in [1.54, 1.807) is 24.3 Å². The molecule has 0 radical (unpaired) electrons. The standard InChI is InChI=1S/C18H24ClN3O2/c19-16-7-2-1-6-15(16)18(24)20-9-8-17(23)22-12-4-11-21-10-3-5-14(21)13-22/h1-2,6-7,14H,3-5,8-13H2,(H,20,24)/t14-/m1/s1. The Morgan fingerprint density at radius 3 is 2.79 bits per heavy atom. The number of carbonyl (C=O) groups excluding carboxylic acids is 2. The van der Waals surface area contributed by atoms with Crippen LogP contribution in [0.15, 0.2) is 24.3 Å². The van der Waals surface area contributed by atoms with Gasteiger partial charge in [0.15, 0.2) is 0 Å². The number of amides is 2. The average Bonchev–Trinajstić information content (AvgIpc) is 2.91. The van der Waals surface area contributed by atoms with Crippen molar-refractivity contribution >= 4 is 23.4 Å². The third kappa shape index (κ3) is 4.08. The van der Waals surface area contributed by atoms with E-state index in [9.17, 15) is 9.59 Å². The molecule has 2 saturated heterocycles. The average molecular weight is 350 g/mol. The zero-order chi connectivity index (χ0) is 16.9. The molecule has 2 amide bonds. The van der Waals surface area contributed by atoms with Crippen molar-refractivity contribution in [3.05, 3.63) is 34.9 Å². The van der Waals surface area contributed by atoms with E-state index in [-0.39, 0.29) is 11.8 Å². The Balaban J connectivity index is 1.47. The van der Waals surface area contributed by atoms with Crippen LogP contribution in [0, 0.1) is 0 Å². The lowest BCUT2D eigenvalue weighted by molar-refractivity contribution is -0.131. The van der Waals surface area contributed by atoms with E-state index in [4.69, 9.17) is 11.6 Å². The van der Waals surface area contributed by atoms with Crippen molar-refractivity contribution in [2.24, 2.45) is 0 Å². The maximum absolute atomic E-state index is 12.5. The number of hydrogen-bond acceptors (Lipinski definition) is 3. The lowest BCUT2D eigenvalue weighted by Crippen LogP contribution is -2.40. The Bertz CT molecular complexity index is 608. The number of halogens is 1. The molecular formula is C18H24ClN3O2. The molecule has 1 atom stereocenters. The highest BCUT2D eigenvalue weighted by molar-refractivity contribution is 6.33. The van der Waals surface area contributed by atoms with Crippen LogP contribution in [-0.2, 0) is 4.79 Å². The predicted octanol–water partition coefficient (Wildman–Crippen LogP) is 2.16. The van der Waals surface area contributed by atoms with E-state index in [0.717, 1.165) is 26.1 Å². The molecule has 5 nitrogen and oxygen atoms in total. The van der Waals surface area contributed by atoms with Gasteiger partial charge >= 0.3 is 0 Å². The highest BCUT2D eigenvalue weighted by Crippen LogP contribution is 2.21. The van der Waals surface area contributed by atoms with Crippen LogP contribution >= 0.6 is 11.6 Å². The summed E-state index contributed by atoms with van der Waals surface area (Å²) in [6.45, 7) is 4.26. The zero-order valence-corrected chi connectivity index (χ0v) is 14.6. The van der Waals surface area contributed by atoms with Gasteiger partial charge in [-0.25, -0.2) is 0 Å². The van der Waals surface area contributed by atoms with Crippen molar-refractivity contribution in [2.45, 2.75) is 31.7 Å². The minimum absolute atomic E-state index is 0.128. The van der Waals surface area contributed by atoms with Crippen molar-refractivity contribution in [3.8, 4) is 0 Å². The summed E-state index contributed by atoms with van der Waals surface area (Å²) >= 11 is 6.01. The molecule has 0 unspecified atom stereocenters. The fourth-order valence-corrected chi connectivity index (χ4v) is 3.84. The van der Waals surface area contributed by atoms with Crippen molar-refractivity contribution in [2.75, 3.05) is 32.7 Å². The quantitative estimate of drug-likeness (QED) is 0.906. The molecule has 2 aliphatic heterocycles. The predicted molar refractivity (Wildman–Crippen MR) is 94.2 cm³/mol. The molecule has 2 heterocycles. The van der Waals surface area contributed by atoms with Crippen LogP contribution in [0.2, 0.25) is 5.02 Å². The number of fused-ring (bicyclic) bond motifs is 1. The Morgan fingerprint density at radius 1 is 1.17 bits per heavy atom. The molecule has 1 aromatic carbocycles. The molecular weight excluding hydrogens is 326 g/mol. The summed E-state index contributed by atoms with van der Waals surface area (Å²) in [5.41, 5.74) is 0.447. The normalized spacial score (nSPS) is 21.2. The van der Waals surface area contributed by atoms with Gasteiger partial charge in [0.05, 0.1) is 10.6 Å². The topological polar surface area (TPSA) is 52.7 Å². The van der Waals surface area contributed by atoms with E-state index in [1.165, 1.54) is 19.4 Å². The minimum Gasteiger partial charge on any atom is -0.351 e. The van der Waals surface area contributed by atoms with Crippen LogP contribution in [0.4, 0.5) is 0 Å². The van der Waals surface area contributed by atoms with Gasteiger partial charge < -0.3 is 10.2 Å².